The second-order valence-corrected chi connectivity index (χ2v) is 11.7. The third kappa shape index (κ3) is 9.33. The maximum atomic E-state index is 13.7. The van der Waals surface area contributed by atoms with Crippen LogP contribution in [0.1, 0.15) is 81.6 Å². The standard InChI is InChI=1S/C31H43N3O7/c1-19(2)14-24(28(36)31(5)18-40-31)33-29(37)22(15-21-10-8-7-9-11-21)16-26(35)23(12-13-39-6)32-30(38)25-17-27(20(3)4)41-34-25/h7-11,17,19-20,22-24H,12-16,18H2,1-6H3,(H,32,38)(H,33,37)/t22-,23+,24+,31-/m1/s1. The van der Waals surface area contributed by atoms with Crippen molar-refractivity contribution in [3.05, 3.63) is 53.4 Å². The molecule has 2 amide bonds. The fraction of sp³-hybridized carbons (Fsp3) is 0.581. The number of rotatable bonds is 17. The molecule has 0 radical (unpaired) electrons. The number of carbonyl (C=O) groups excluding carboxylic acids is 4. The van der Waals surface area contributed by atoms with Crippen molar-refractivity contribution >= 4 is 23.4 Å². The third-order valence-electron chi connectivity index (χ3n) is 7.22. The van der Waals surface area contributed by atoms with Gasteiger partial charge in [-0.25, -0.2) is 0 Å². The molecule has 0 saturated carbocycles. The first-order valence-corrected chi connectivity index (χ1v) is 14.2. The van der Waals surface area contributed by atoms with Crippen molar-refractivity contribution in [2.24, 2.45) is 11.8 Å². The van der Waals surface area contributed by atoms with Crippen LogP contribution in [0.15, 0.2) is 40.9 Å². The first-order chi connectivity index (χ1) is 19.4. The Balaban J connectivity index is 1.79. The topological polar surface area (TPSA) is 140 Å². The van der Waals surface area contributed by atoms with Gasteiger partial charge in [0.05, 0.1) is 18.7 Å². The third-order valence-corrected chi connectivity index (χ3v) is 7.22. The van der Waals surface area contributed by atoms with Crippen molar-refractivity contribution in [3.8, 4) is 0 Å². The number of aromatic nitrogens is 1. The Hall–Kier alpha value is -3.37. The molecule has 224 valence electrons. The highest BCUT2D eigenvalue weighted by Gasteiger charge is 2.50. The Labute approximate surface area is 241 Å². The fourth-order valence-electron chi connectivity index (χ4n) is 4.60. The first kappa shape index (κ1) is 32.1. The second-order valence-electron chi connectivity index (χ2n) is 11.7. The summed E-state index contributed by atoms with van der Waals surface area (Å²) >= 11 is 0. The number of benzene rings is 1. The van der Waals surface area contributed by atoms with Gasteiger partial charge in [-0.1, -0.05) is 63.2 Å². The zero-order valence-corrected chi connectivity index (χ0v) is 24.9. The molecule has 1 saturated heterocycles. The second kappa shape index (κ2) is 14.5. The van der Waals surface area contributed by atoms with E-state index in [0.717, 1.165) is 5.56 Å². The molecule has 2 N–H and O–H groups in total. The number of methoxy groups -OCH3 is 1. The first-order valence-electron chi connectivity index (χ1n) is 14.2. The van der Waals surface area contributed by atoms with Gasteiger partial charge in [-0.3, -0.25) is 19.2 Å². The number of nitrogens with one attached hydrogen (secondary N) is 2. The summed E-state index contributed by atoms with van der Waals surface area (Å²) < 4.78 is 15.8. The molecule has 1 fully saturated rings. The van der Waals surface area contributed by atoms with Crippen molar-refractivity contribution < 1.29 is 33.2 Å². The van der Waals surface area contributed by atoms with E-state index < -0.39 is 29.5 Å². The van der Waals surface area contributed by atoms with E-state index in [1.54, 1.807) is 13.0 Å². The van der Waals surface area contributed by atoms with Crippen LogP contribution in [0.4, 0.5) is 0 Å². The minimum atomic E-state index is -0.903. The monoisotopic (exact) mass is 569 g/mol. The zero-order chi connectivity index (χ0) is 30.2. The molecule has 2 heterocycles. The summed E-state index contributed by atoms with van der Waals surface area (Å²) in [6.45, 7) is 10.1. The molecule has 0 bridgehead atoms. The van der Waals surface area contributed by atoms with Crippen LogP contribution >= 0.6 is 0 Å². The summed E-state index contributed by atoms with van der Waals surface area (Å²) in [4.78, 5) is 53.4. The molecule has 10 nitrogen and oxygen atoms in total. The molecule has 0 unspecified atom stereocenters. The van der Waals surface area contributed by atoms with Gasteiger partial charge in [0, 0.05) is 38.0 Å². The van der Waals surface area contributed by atoms with E-state index in [0.29, 0.717) is 25.2 Å². The number of ketones is 2. The molecular formula is C31H43N3O7. The van der Waals surface area contributed by atoms with E-state index in [1.165, 1.54) is 7.11 Å². The average molecular weight is 570 g/mol. The van der Waals surface area contributed by atoms with Gasteiger partial charge >= 0.3 is 0 Å². The van der Waals surface area contributed by atoms with Crippen molar-refractivity contribution in [1.29, 1.82) is 0 Å². The van der Waals surface area contributed by atoms with Crippen LogP contribution in [-0.2, 0) is 30.3 Å². The van der Waals surface area contributed by atoms with Crippen molar-refractivity contribution in [3.63, 3.8) is 0 Å². The molecule has 3 rings (SSSR count). The fourth-order valence-corrected chi connectivity index (χ4v) is 4.60. The van der Waals surface area contributed by atoms with E-state index >= 15 is 0 Å². The molecule has 2 aromatic rings. The van der Waals surface area contributed by atoms with Crippen LogP contribution < -0.4 is 10.6 Å². The lowest BCUT2D eigenvalue weighted by Crippen LogP contribution is -2.50. The number of hydrogen-bond acceptors (Lipinski definition) is 8. The van der Waals surface area contributed by atoms with Gasteiger partial charge in [-0.15, -0.1) is 0 Å². The SMILES string of the molecule is COCC[C@H](NC(=O)c1cc(C(C)C)on1)C(=O)C[C@@H](Cc1ccccc1)C(=O)N[C@@H](CC(C)C)C(=O)[C@@]1(C)CO1. The Morgan fingerprint density at radius 3 is 2.29 bits per heavy atom. The maximum Gasteiger partial charge on any atom is 0.274 e. The molecule has 41 heavy (non-hydrogen) atoms. The van der Waals surface area contributed by atoms with Crippen LogP contribution in [0.25, 0.3) is 0 Å². The molecular weight excluding hydrogens is 526 g/mol. The average Bonchev–Trinajstić information content (AvgIpc) is 3.48. The highest BCUT2D eigenvalue weighted by Crippen LogP contribution is 2.30. The zero-order valence-electron chi connectivity index (χ0n) is 24.9. The Morgan fingerprint density at radius 1 is 1.05 bits per heavy atom. The van der Waals surface area contributed by atoms with Gasteiger partial charge in [0.2, 0.25) is 5.91 Å². The number of carbonyl (C=O) groups is 4. The van der Waals surface area contributed by atoms with E-state index in [4.69, 9.17) is 14.0 Å². The number of amides is 2. The smallest absolute Gasteiger partial charge is 0.274 e. The van der Waals surface area contributed by atoms with Gasteiger partial charge in [-0.2, -0.15) is 0 Å². The Kier molecular flexibility index (Phi) is 11.4. The number of Topliss-reactive ketones (excluding diaryl/α,β-unsaturated/α-hetero) is 2. The van der Waals surface area contributed by atoms with Crippen LogP contribution in [0.5, 0.6) is 0 Å². The number of epoxide rings is 1. The number of hydrogen-bond donors (Lipinski definition) is 2. The molecule has 0 aliphatic carbocycles. The lowest BCUT2D eigenvalue weighted by molar-refractivity contribution is -0.134. The summed E-state index contributed by atoms with van der Waals surface area (Å²) in [5.74, 6) is -1.41. The maximum absolute atomic E-state index is 13.7. The van der Waals surface area contributed by atoms with Gasteiger partial charge in [-0.05, 0) is 37.7 Å². The summed E-state index contributed by atoms with van der Waals surface area (Å²) in [5.41, 5.74) is 0.0724. The van der Waals surface area contributed by atoms with E-state index in [2.05, 4.69) is 15.8 Å². The van der Waals surface area contributed by atoms with E-state index in [-0.39, 0.29) is 54.5 Å². The predicted octanol–water partition coefficient (Wildman–Crippen LogP) is 3.64. The number of nitrogens with zero attached hydrogens (tertiary/aromatic N) is 1. The van der Waals surface area contributed by atoms with E-state index in [1.807, 2.05) is 58.0 Å². The molecule has 1 aliphatic heterocycles. The quantitative estimate of drug-likeness (QED) is 0.275. The van der Waals surface area contributed by atoms with Gasteiger partial charge in [0.1, 0.15) is 11.4 Å². The normalized spacial score (nSPS) is 18.5. The number of ether oxygens (including phenoxy) is 2. The molecule has 4 atom stereocenters. The largest absolute Gasteiger partial charge is 0.385 e. The highest BCUT2D eigenvalue weighted by atomic mass is 16.6. The lowest BCUT2D eigenvalue weighted by Gasteiger charge is -2.25. The summed E-state index contributed by atoms with van der Waals surface area (Å²) in [5, 5.41) is 9.51. The van der Waals surface area contributed by atoms with Crippen LogP contribution in [0, 0.1) is 11.8 Å². The van der Waals surface area contributed by atoms with Crippen LogP contribution in [0.2, 0.25) is 0 Å². The van der Waals surface area contributed by atoms with Gasteiger partial charge in [0.25, 0.3) is 5.91 Å². The van der Waals surface area contributed by atoms with Crippen LogP contribution in [0.3, 0.4) is 0 Å². The minimum Gasteiger partial charge on any atom is -0.385 e. The molecule has 1 aromatic carbocycles. The van der Waals surface area contributed by atoms with Crippen molar-refractivity contribution in [2.45, 2.75) is 83.9 Å². The summed E-state index contributed by atoms with van der Waals surface area (Å²) in [6, 6.07) is 9.32. The Bertz CT molecular complexity index is 1190. The summed E-state index contributed by atoms with van der Waals surface area (Å²) in [6.07, 6.45) is 0.834. The van der Waals surface area contributed by atoms with Gasteiger partial charge in [0.15, 0.2) is 17.3 Å². The molecule has 1 aliphatic rings. The van der Waals surface area contributed by atoms with E-state index in [9.17, 15) is 19.2 Å². The summed E-state index contributed by atoms with van der Waals surface area (Å²) in [7, 11) is 1.51. The molecule has 1 aromatic heterocycles. The molecule has 0 spiro atoms. The lowest BCUT2D eigenvalue weighted by atomic mass is 9.88. The highest BCUT2D eigenvalue weighted by molar-refractivity contribution is 5.99. The van der Waals surface area contributed by atoms with Crippen LogP contribution in [-0.4, -0.2) is 66.5 Å². The van der Waals surface area contributed by atoms with Gasteiger partial charge < -0.3 is 24.6 Å². The van der Waals surface area contributed by atoms with Crippen molar-refractivity contribution in [1.82, 2.24) is 15.8 Å². The Morgan fingerprint density at radius 2 is 1.73 bits per heavy atom. The minimum absolute atomic E-state index is 0.0488. The van der Waals surface area contributed by atoms with Crippen molar-refractivity contribution in [2.75, 3.05) is 20.3 Å². The predicted molar refractivity (Wildman–Crippen MR) is 152 cm³/mol. The molecule has 10 heteroatoms.